The van der Waals surface area contributed by atoms with Crippen LogP contribution in [-0.4, -0.2) is 34.9 Å². The molecule has 0 aliphatic heterocycles. The molecule has 0 amide bonds. The Morgan fingerprint density at radius 3 is 1.93 bits per heavy atom. The van der Waals surface area contributed by atoms with Crippen LogP contribution >= 0.6 is 0 Å². The molecule has 0 aromatic rings. The molecule has 0 heterocycles. The second-order valence-electron chi connectivity index (χ2n) is 2.49. The molecule has 84 valence electrons. The quantitative estimate of drug-likeness (QED) is 0.274. The summed E-state index contributed by atoms with van der Waals surface area (Å²) in [6.45, 7) is 0.583. The summed E-state index contributed by atoms with van der Waals surface area (Å²) in [4.78, 5) is 18.6. The van der Waals surface area contributed by atoms with Gasteiger partial charge in [0.2, 0.25) is 0 Å². The average molecular weight is 230 g/mol. The van der Waals surface area contributed by atoms with Crippen molar-refractivity contribution in [1.29, 1.82) is 0 Å². The van der Waals surface area contributed by atoms with Crippen LogP contribution in [0.2, 0.25) is 0 Å². The van der Waals surface area contributed by atoms with Crippen molar-refractivity contribution in [2.24, 2.45) is 11.5 Å². The average Bonchev–Trinajstić information content (AvgIpc) is 2.03. The summed E-state index contributed by atoms with van der Waals surface area (Å²) >= 11 is 0. The Morgan fingerprint density at radius 1 is 1.27 bits per heavy atom. The van der Waals surface area contributed by atoms with Crippen LogP contribution in [0, 0.1) is 0 Å². The molecule has 0 fully saturated rings. The molecular weight excluding hydrogens is 215 g/mol. The second kappa shape index (κ2) is 13.7. The zero-order valence-corrected chi connectivity index (χ0v) is 10.7. The Labute approximate surface area is 110 Å². The Hall–Kier alpha value is -0.340. The molecule has 6 N–H and O–H groups in total. The standard InChI is InChI=1S/C6H14N2O2.CH2O3.Na/c7-4-2-1-3-5(8)6(9)10;2-1(3)4;/h5H,1-4,7-8H2,(H,9,10);(H2,2,3,4);/q;;+1/p-1/t5-;;/m0../s1. The minimum atomic E-state index is -1.83. The number of carbonyl (C=O) groups is 2. The minimum Gasteiger partial charge on any atom is -0.548 e. The number of carboxylic acid groups (broad SMARTS) is 3. The van der Waals surface area contributed by atoms with Crippen LogP contribution in [0.25, 0.3) is 0 Å². The number of rotatable bonds is 5. The van der Waals surface area contributed by atoms with Gasteiger partial charge in [0.15, 0.2) is 0 Å². The van der Waals surface area contributed by atoms with Crippen molar-refractivity contribution in [1.82, 2.24) is 0 Å². The molecule has 0 saturated heterocycles. The van der Waals surface area contributed by atoms with Crippen molar-refractivity contribution in [3.05, 3.63) is 0 Å². The first kappa shape index (κ1) is 20.1. The Morgan fingerprint density at radius 2 is 1.67 bits per heavy atom. The van der Waals surface area contributed by atoms with Crippen LogP contribution in [-0.2, 0) is 4.79 Å². The van der Waals surface area contributed by atoms with Gasteiger partial charge in [-0.05, 0) is 19.4 Å². The van der Waals surface area contributed by atoms with Gasteiger partial charge in [0.1, 0.15) is 0 Å². The van der Waals surface area contributed by atoms with Crippen molar-refractivity contribution in [3.8, 4) is 0 Å². The van der Waals surface area contributed by atoms with Gasteiger partial charge in [-0.25, -0.2) is 4.79 Å². The van der Waals surface area contributed by atoms with Gasteiger partial charge in [0, 0.05) is 6.04 Å². The van der Waals surface area contributed by atoms with Crippen molar-refractivity contribution in [2.75, 3.05) is 6.54 Å². The molecule has 0 aromatic carbocycles. The van der Waals surface area contributed by atoms with Crippen molar-refractivity contribution in [3.63, 3.8) is 0 Å². The van der Waals surface area contributed by atoms with E-state index < -0.39 is 18.2 Å². The maximum Gasteiger partial charge on any atom is 1.00 e. The number of hydrogen-bond donors (Lipinski definition) is 4. The molecular formula is C7H15N2NaO5. The number of hydrogen-bond acceptors (Lipinski definition) is 5. The van der Waals surface area contributed by atoms with Crippen LogP contribution in [0.1, 0.15) is 19.3 Å². The summed E-state index contributed by atoms with van der Waals surface area (Å²) in [7, 11) is 0. The van der Waals surface area contributed by atoms with E-state index in [9.17, 15) is 9.90 Å². The normalized spacial score (nSPS) is 10.3. The van der Waals surface area contributed by atoms with Gasteiger partial charge in [0.05, 0.1) is 5.97 Å². The monoisotopic (exact) mass is 230 g/mol. The molecule has 0 rings (SSSR count). The zero-order chi connectivity index (χ0) is 11.6. The summed E-state index contributed by atoms with van der Waals surface area (Å²) in [6.07, 6.45) is 0.201. The second-order valence-corrected chi connectivity index (χ2v) is 2.49. The van der Waals surface area contributed by atoms with Gasteiger partial charge < -0.3 is 31.6 Å². The van der Waals surface area contributed by atoms with Gasteiger partial charge in [-0.1, -0.05) is 6.42 Å². The number of unbranched alkanes of at least 4 members (excludes halogenated alkanes) is 1. The van der Waals surface area contributed by atoms with Crippen LogP contribution in [0.5, 0.6) is 0 Å². The topological polar surface area (TPSA) is 150 Å². The molecule has 7 nitrogen and oxygen atoms in total. The third-order valence-electron chi connectivity index (χ3n) is 1.27. The van der Waals surface area contributed by atoms with Crippen molar-refractivity contribution >= 4 is 12.1 Å². The van der Waals surface area contributed by atoms with E-state index in [2.05, 4.69) is 0 Å². The fraction of sp³-hybridized carbons (Fsp3) is 0.714. The van der Waals surface area contributed by atoms with Gasteiger partial charge in [0.25, 0.3) is 0 Å². The summed E-state index contributed by atoms with van der Waals surface area (Å²) in [5.41, 5.74) is 10.3. The first-order chi connectivity index (χ1) is 6.41. The fourth-order valence-electron chi connectivity index (χ4n) is 0.626. The zero-order valence-electron chi connectivity index (χ0n) is 8.68. The van der Waals surface area contributed by atoms with Crippen LogP contribution < -0.4 is 46.1 Å². The third-order valence-corrected chi connectivity index (χ3v) is 1.27. The van der Waals surface area contributed by atoms with Gasteiger partial charge >= 0.3 is 35.7 Å². The van der Waals surface area contributed by atoms with E-state index in [1.807, 2.05) is 0 Å². The molecule has 0 unspecified atom stereocenters. The number of nitrogens with two attached hydrogens (primary N) is 2. The van der Waals surface area contributed by atoms with E-state index >= 15 is 0 Å². The predicted octanol–water partition coefficient (Wildman–Crippen LogP) is -4.58. The Balaban J connectivity index is -0.000000249. The molecule has 1 atom stereocenters. The van der Waals surface area contributed by atoms with E-state index in [0.717, 1.165) is 12.8 Å². The van der Waals surface area contributed by atoms with E-state index in [0.29, 0.717) is 13.0 Å². The van der Waals surface area contributed by atoms with E-state index in [-0.39, 0.29) is 29.6 Å². The summed E-state index contributed by atoms with van der Waals surface area (Å²) < 4.78 is 0. The minimum absolute atomic E-state index is 0. The first-order valence-corrected chi connectivity index (χ1v) is 4.00. The summed E-state index contributed by atoms with van der Waals surface area (Å²) in [5.74, 6) is -1.18. The van der Waals surface area contributed by atoms with Crippen LogP contribution in [0.4, 0.5) is 4.79 Å². The summed E-state index contributed by atoms with van der Waals surface area (Å²) in [6, 6.07) is -0.827. The largest absolute Gasteiger partial charge is 1.00 e. The van der Waals surface area contributed by atoms with Gasteiger partial charge in [-0.3, -0.25) is 0 Å². The fourth-order valence-corrected chi connectivity index (χ4v) is 0.626. The Kier molecular flexibility index (Phi) is 18.3. The van der Waals surface area contributed by atoms with Crippen molar-refractivity contribution in [2.45, 2.75) is 25.3 Å². The molecule has 8 heteroatoms. The van der Waals surface area contributed by atoms with Crippen LogP contribution in [0.15, 0.2) is 0 Å². The molecule has 0 radical (unpaired) electrons. The van der Waals surface area contributed by atoms with Gasteiger partial charge in [-0.15, -0.1) is 0 Å². The van der Waals surface area contributed by atoms with Crippen LogP contribution in [0.3, 0.4) is 0 Å². The SMILES string of the molecule is NCCCC[C@H](N)C(=O)[O-].O=C(O)O.[Na+]. The van der Waals surface area contributed by atoms with Gasteiger partial charge in [-0.2, -0.15) is 0 Å². The molecule has 0 aliphatic rings. The number of carboxylic acids is 1. The van der Waals surface area contributed by atoms with E-state index in [1.54, 1.807) is 0 Å². The molecule has 0 aromatic heterocycles. The molecule has 0 aliphatic carbocycles. The molecule has 0 saturated carbocycles. The van der Waals surface area contributed by atoms with E-state index in [1.165, 1.54) is 0 Å². The number of aliphatic carboxylic acids is 1. The number of carbonyl (C=O) groups excluding carboxylic acids is 1. The molecule has 0 bridgehead atoms. The third kappa shape index (κ3) is 24.8. The predicted molar refractivity (Wildman–Crippen MR) is 46.5 cm³/mol. The smallest absolute Gasteiger partial charge is 0.548 e. The van der Waals surface area contributed by atoms with E-state index in [4.69, 9.17) is 26.5 Å². The van der Waals surface area contributed by atoms with Crippen molar-refractivity contribution < 1.29 is 54.5 Å². The summed E-state index contributed by atoms with van der Waals surface area (Å²) in [5, 5.41) is 24.0. The molecule has 15 heavy (non-hydrogen) atoms. The maximum absolute atomic E-state index is 10.0. The molecule has 0 spiro atoms. The first-order valence-electron chi connectivity index (χ1n) is 4.00. The maximum atomic E-state index is 10.0. The Bertz CT molecular complexity index is 175.